The van der Waals surface area contributed by atoms with Crippen LogP contribution in [-0.2, 0) is 6.54 Å². The van der Waals surface area contributed by atoms with Gasteiger partial charge in [-0.15, -0.1) is 0 Å². The quantitative estimate of drug-likeness (QED) is 0.664. The number of rotatable bonds is 5. The highest BCUT2D eigenvalue weighted by molar-refractivity contribution is 5.94. The fourth-order valence-corrected chi connectivity index (χ4v) is 4.39. The molecule has 2 heterocycles. The van der Waals surface area contributed by atoms with Gasteiger partial charge >= 0.3 is 5.69 Å². The molecule has 1 aliphatic heterocycles. The summed E-state index contributed by atoms with van der Waals surface area (Å²) in [6.07, 6.45) is 1.05. The summed E-state index contributed by atoms with van der Waals surface area (Å²) in [4.78, 5) is 44.0. The lowest BCUT2D eigenvalue weighted by atomic mass is 10.1. The van der Waals surface area contributed by atoms with Crippen molar-refractivity contribution in [2.45, 2.75) is 32.9 Å². The first-order chi connectivity index (χ1) is 15.4. The Morgan fingerprint density at radius 1 is 1.16 bits per heavy atom. The molecule has 1 atom stereocenters. The summed E-state index contributed by atoms with van der Waals surface area (Å²) in [5.74, 6) is -0.924. The predicted octanol–water partition coefficient (Wildman–Crippen LogP) is 2.43. The van der Waals surface area contributed by atoms with Crippen LogP contribution in [0, 0.1) is 5.82 Å². The van der Waals surface area contributed by atoms with Gasteiger partial charge in [-0.1, -0.05) is 25.1 Å². The number of carbonyl (C=O) groups excluding carboxylic acids is 1. The molecule has 0 aliphatic carbocycles. The van der Waals surface area contributed by atoms with Crippen molar-refractivity contribution < 1.29 is 9.18 Å². The van der Waals surface area contributed by atoms with Gasteiger partial charge in [0.2, 0.25) is 0 Å². The van der Waals surface area contributed by atoms with Gasteiger partial charge in [0.1, 0.15) is 5.82 Å². The lowest BCUT2D eigenvalue weighted by Gasteiger charge is -2.39. The molecule has 0 radical (unpaired) electrons. The van der Waals surface area contributed by atoms with Gasteiger partial charge in [0.05, 0.1) is 23.0 Å². The number of piperazine rings is 1. The molecule has 4 rings (SSSR count). The third kappa shape index (κ3) is 4.23. The molecule has 1 aliphatic rings. The number of H-pyrrole nitrogens is 1. The van der Waals surface area contributed by atoms with Gasteiger partial charge in [-0.25, -0.2) is 9.18 Å². The van der Waals surface area contributed by atoms with Gasteiger partial charge in [0.25, 0.3) is 11.5 Å². The minimum absolute atomic E-state index is 0.000390. The molecule has 8 heteroatoms. The van der Waals surface area contributed by atoms with Crippen LogP contribution in [0.5, 0.6) is 0 Å². The third-order valence-corrected chi connectivity index (χ3v) is 6.07. The summed E-state index contributed by atoms with van der Waals surface area (Å²) < 4.78 is 16.0. The van der Waals surface area contributed by atoms with E-state index >= 15 is 0 Å². The molecule has 1 saturated heterocycles. The first kappa shape index (κ1) is 22.0. The molecular weight excluding hydrogens is 411 g/mol. The summed E-state index contributed by atoms with van der Waals surface area (Å²) in [7, 11) is 0. The van der Waals surface area contributed by atoms with Gasteiger partial charge in [-0.2, -0.15) is 0 Å². The molecule has 1 amide bonds. The van der Waals surface area contributed by atoms with Crippen molar-refractivity contribution in [2.75, 3.05) is 26.2 Å². The summed E-state index contributed by atoms with van der Waals surface area (Å²) >= 11 is 0. The second-order valence-corrected chi connectivity index (χ2v) is 8.31. The molecule has 1 fully saturated rings. The Hall–Kier alpha value is -3.26. The van der Waals surface area contributed by atoms with Crippen LogP contribution < -0.4 is 11.2 Å². The number of halogens is 1. The molecule has 0 bridgehead atoms. The molecule has 7 nitrogen and oxygen atoms in total. The zero-order valence-corrected chi connectivity index (χ0v) is 18.3. The minimum Gasteiger partial charge on any atom is -0.336 e. The van der Waals surface area contributed by atoms with Crippen molar-refractivity contribution in [3.05, 3.63) is 80.2 Å². The van der Waals surface area contributed by atoms with Crippen LogP contribution in [0.3, 0.4) is 0 Å². The van der Waals surface area contributed by atoms with E-state index in [2.05, 4.69) is 23.7 Å². The highest BCUT2D eigenvalue weighted by atomic mass is 19.1. The highest BCUT2D eigenvalue weighted by Crippen LogP contribution is 2.18. The van der Waals surface area contributed by atoms with Crippen molar-refractivity contribution in [1.29, 1.82) is 0 Å². The Balaban J connectivity index is 1.62. The largest absolute Gasteiger partial charge is 0.336 e. The number of aromatic nitrogens is 2. The molecule has 2 aromatic carbocycles. The van der Waals surface area contributed by atoms with E-state index in [1.54, 1.807) is 35.2 Å². The predicted molar refractivity (Wildman–Crippen MR) is 122 cm³/mol. The van der Waals surface area contributed by atoms with E-state index < -0.39 is 17.1 Å². The maximum atomic E-state index is 14.6. The Labute approximate surface area is 185 Å². The van der Waals surface area contributed by atoms with Crippen molar-refractivity contribution in [3.63, 3.8) is 0 Å². The second kappa shape index (κ2) is 9.08. The van der Waals surface area contributed by atoms with Gasteiger partial charge in [-0.3, -0.25) is 24.0 Å². The molecule has 1 N–H and O–H groups in total. The van der Waals surface area contributed by atoms with E-state index in [0.29, 0.717) is 29.6 Å². The first-order valence-electron chi connectivity index (χ1n) is 10.9. The average molecular weight is 439 g/mol. The van der Waals surface area contributed by atoms with Crippen molar-refractivity contribution in [2.24, 2.45) is 0 Å². The smallest absolute Gasteiger partial charge is 0.329 e. The lowest BCUT2D eigenvalue weighted by molar-refractivity contribution is 0.0511. The Kier molecular flexibility index (Phi) is 6.23. The van der Waals surface area contributed by atoms with E-state index in [9.17, 15) is 18.8 Å². The SMILES string of the molecule is CCCN1CCN(C(=O)c2cc(Cn3c(=O)[nH]c(=O)c4ccccc43)ccc2F)C[C@H]1C. The van der Waals surface area contributed by atoms with Crippen molar-refractivity contribution in [3.8, 4) is 0 Å². The molecule has 0 spiro atoms. The maximum absolute atomic E-state index is 14.6. The number of hydrogen-bond donors (Lipinski definition) is 1. The molecule has 1 aromatic heterocycles. The Bertz CT molecular complexity index is 1270. The van der Waals surface area contributed by atoms with Gasteiger partial charge in [0, 0.05) is 25.7 Å². The minimum atomic E-state index is -0.582. The van der Waals surface area contributed by atoms with Crippen LogP contribution in [0.25, 0.3) is 10.9 Å². The van der Waals surface area contributed by atoms with Crippen LogP contribution in [0.1, 0.15) is 36.2 Å². The topological polar surface area (TPSA) is 78.4 Å². The van der Waals surface area contributed by atoms with E-state index in [0.717, 1.165) is 19.5 Å². The Morgan fingerprint density at radius 3 is 2.69 bits per heavy atom. The summed E-state index contributed by atoms with van der Waals surface area (Å²) in [5.41, 5.74) is 0.0893. The molecule has 168 valence electrons. The molecule has 32 heavy (non-hydrogen) atoms. The number of nitrogens with one attached hydrogen (secondary N) is 1. The normalized spacial score (nSPS) is 17.1. The van der Waals surface area contributed by atoms with Crippen LogP contribution >= 0.6 is 0 Å². The van der Waals surface area contributed by atoms with Gasteiger partial charge < -0.3 is 4.90 Å². The van der Waals surface area contributed by atoms with Crippen LogP contribution in [0.2, 0.25) is 0 Å². The standard InChI is InChI=1S/C24H27FN4O3/c1-3-10-27-11-12-28(14-16(27)2)23(31)19-13-17(8-9-20(19)25)15-29-21-7-5-4-6-18(21)22(30)26-24(29)32/h4-9,13,16H,3,10-12,14-15H2,1-2H3,(H,26,30,32)/t16-/m1/s1. The van der Waals surface area contributed by atoms with Crippen LogP contribution in [0.4, 0.5) is 4.39 Å². The van der Waals surface area contributed by atoms with Crippen molar-refractivity contribution >= 4 is 16.8 Å². The summed E-state index contributed by atoms with van der Waals surface area (Å²) in [6.45, 7) is 7.16. The number of carbonyl (C=O) groups is 1. The molecule has 0 unspecified atom stereocenters. The molecular formula is C24H27FN4O3. The number of hydrogen-bond acceptors (Lipinski definition) is 4. The number of benzene rings is 2. The van der Waals surface area contributed by atoms with E-state index in [-0.39, 0.29) is 24.1 Å². The number of aromatic amines is 1. The summed E-state index contributed by atoms with van der Waals surface area (Å²) in [5, 5.41) is 0.393. The molecule has 0 saturated carbocycles. The number of nitrogens with zero attached hydrogens (tertiary/aromatic N) is 3. The number of para-hydroxylation sites is 1. The zero-order valence-electron chi connectivity index (χ0n) is 18.3. The number of fused-ring (bicyclic) bond motifs is 1. The monoisotopic (exact) mass is 438 g/mol. The average Bonchev–Trinajstić information content (AvgIpc) is 2.78. The first-order valence-corrected chi connectivity index (χ1v) is 10.9. The molecule has 3 aromatic rings. The van der Waals surface area contributed by atoms with Gasteiger partial charge in [-0.05, 0) is 49.7 Å². The van der Waals surface area contributed by atoms with Gasteiger partial charge in [0.15, 0.2) is 0 Å². The maximum Gasteiger partial charge on any atom is 0.329 e. The highest BCUT2D eigenvalue weighted by Gasteiger charge is 2.28. The second-order valence-electron chi connectivity index (χ2n) is 8.31. The Morgan fingerprint density at radius 2 is 1.94 bits per heavy atom. The van der Waals surface area contributed by atoms with E-state index in [1.807, 2.05) is 0 Å². The lowest BCUT2D eigenvalue weighted by Crippen LogP contribution is -2.53. The fourth-order valence-electron chi connectivity index (χ4n) is 4.39. The van der Waals surface area contributed by atoms with Crippen LogP contribution in [0.15, 0.2) is 52.1 Å². The summed E-state index contributed by atoms with van der Waals surface area (Å²) in [6, 6.07) is 11.3. The third-order valence-electron chi connectivity index (χ3n) is 6.07. The fraction of sp³-hybridized carbons (Fsp3) is 0.375. The van der Waals surface area contributed by atoms with E-state index in [4.69, 9.17) is 0 Å². The number of amides is 1. The van der Waals surface area contributed by atoms with Crippen molar-refractivity contribution in [1.82, 2.24) is 19.4 Å². The zero-order chi connectivity index (χ0) is 22.8. The van der Waals surface area contributed by atoms with Crippen LogP contribution in [-0.4, -0.2) is 57.5 Å². The van der Waals surface area contributed by atoms with E-state index in [1.165, 1.54) is 16.7 Å².